The lowest BCUT2D eigenvalue weighted by Crippen LogP contribution is -2.56. The number of unbranched alkanes of at least 4 members (excludes halogenated alkanes) is 1. The number of sulfone groups is 1. The molecule has 0 aliphatic rings. The summed E-state index contributed by atoms with van der Waals surface area (Å²) < 4.78 is 53.9. The lowest BCUT2D eigenvalue weighted by molar-refractivity contribution is -0.124. The number of aryl methyl sites for hydroxylation is 3. The van der Waals surface area contributed by atoms with Crippen LogP contribution in [0.3, 0.4) is 0 Å². The molecule has 9 nitrogen and oxygen atoms in total. The molecule has 3 rings (SSSR count). The van der Waals surface area contributed by atoms with Crippen LogP contribution >= 0.6 is 23.7 Å². The molecule has 46 heavy (non-hydrogen) atoms. The number of rotatable bonds is 17. The van der Waals surface area contributed by atoms with Crippen LogP contribution < -0.4 is 16.0 Å². The molecule has 0 aliphatic heterocycles. The highest BCUT2D eigenvalue weighted by molar-refractivity contribution is 7.91. The fourth-order valence-electron chi connectivity index (χ4n) is 4.87. The molecular formula is C32H43ClF2N4O5S2. The second-order valence-electron chi connectivity index (χ2n) is 11.1. The van der Waals surface area contributed by atoms with E-state index in [1.54, 1.807) is 13.8 Å². The summed E-state index contributed by atoms with van der Waals surface area (Å²) in [7, 11) is -3.76. The summed E-state index contributed by atoms with van der Waals surface area (Å²) >= 11 is 1.12. The first-order valence-electron chi connectivity index (χ1n) is 15.0. The molecule has 0 bridgehead atoms. The lowest BCUT2D eigenvalue weighted by atomic mass is 10.00. The van der Waals surface area contributed by atoms with Gasteiger partial charge in [0.2, 0.25) is 5.91 Å². The summed E-state index contributed by atoms with van der Waals surface area (Å²) in [6.45, 7) is 7.67. The number of nitrogens with zero attached hydrogens (tertiary/aromatic N) is 1. The highest BCUT2D eigenvalue weighted by Crippen LogP contribution is 2.18. The quantitative estimate of drug-likeness (QED) is 0.166. The van der Waals surface area contributed by atoms with Gasteiger partial charge in [-0.15, -0.1) is 23.7 Å². The zero-order valence-corrected chi connectivity index (χ0v) is 28.9. The fourth-order valence-corrected chi connectivity index (χ4v) is 7.33. The van der Waals surface area contributed by atoms with Crippen molar-refractivity contribution in [3.05, 3.63) is 86.4 Å². The van der Waals surface area contributed by atoms with Crippen molar-refractivity contribution < 1.29 is 31.9 Å². The van der Waals surface area contributed by atoms with E-state index >= 15 is 0 Å². The van der Waals surface area contributed by atoms with Crippen molar-refractivity contribution >= 4 is 45.4 Å². The van der Waals surface area contributed by atoms with Crippen molar-refractivity contribution in [2.45, 2.75) is 78.1 Å². The molecule has 1 aromatic heterocycles. The molecule has 0 saturated carbocycles. The summed E-state index contributed by atoms with van der Waals surface area (Å²) in [6, 6.07) is 8.25. The number of carbonyl (C=O) groups excluding carboxylic acids is 2. The third-order valence-corrected chi connectivity index (χ3v) is 10.0. The number of carbonyl (C=O) groups is 2. The van der Waals surface area contributed by atoms with E-state index in [1.807, 2.05) is 38.1 Å². The van der Waals surface area contributed by atoms with Gasteiger partial charge in [0.1, 0.15) is 22.6 Å². The molecule has 0 spiro atoms. The van der Waals surface area contributed by atoms with Gasteiger partial charge >= 0.3 is 0 Å². The van der Waals surface area contributed by atoms with Crippen molar-refractivity contribution in [2.24, 2.45) is 0 Å². The van der Waals surface area contributed by atoms with E-state index in [2.05, 4.69) is 20.9 Å². The average Bonchev–Trinajstić information content (AvgIpc) is 3.32. The number of thiazole rings is 1. The van der Waals surface area contributed by atoms with Crippen molar-refractivity contribution in [3.8, 4) is 0 Å². The van der Waals surface area contributed by atoms with Crippen LogP contribution in [0.4, 0.5) is 8.78 Å². The summed E-state index contributed by atoms with van der Waals surface area (Å²) in [5.41, 5.74) is 2.76. The van der Waals surface area contributed by atoms with E-state index in [4.69, 9.17) is 0 Å². The molecule has 0 saturated heterocycles. The molecule has 3 aromatic rings. The van der Waals surface area contributed by atoms with Gasteiger partial charge < -0.3 is 21.1 Å². The van der Waals surface area contributed by atoms with Gasteiger partial charge in [-0.1, -0.05) is 44.5 Å². The van der Waals surface area contributed by atoms with E-state index in [1.165, 1.54) is 0 Å². The zero-order chi connectivity index (χ0) is 33.1. The highest BCUT2D eigenvalue weighted by Gasteiger charge is 2.32. The van der Waals surface area contributed by atoms with E-state index in [-0.39, 0.29) is 41.6 Å². The molecule has 0 radical (unpaired) electrons. The van der Waals surface area contributed by atoms with Crippen molar-refractivity contribution in [3.63, 3.8) is 0 Å². The second kappa shape index (κ2) is 18.4. The van der Waals surface area contributed by atoms with Crippen LogP contribution in [0, 0.1) is 25.5 Å². The van der Waals surface area contributed by atoms with Gasteiger partial charge in [0.25, 0.3) is 5.91 Å². The molecule has 0 aliphatic carbocycles. The Kier molecular flexibility index (Phi) is 15.7. The number of amides is 2. The van der Waals surface area contributed by atoms with Crippen LogP contribution in [0.5, 0.6) is 0 Å². The highest BCUT2D eigenvalue weighted by atomic mass is 35.5. The van der Waals surface area contributed by atoms with Crippen LogP contribution in [0.1, 0.15) is 63.8 Å². The monoisotopic (exact) mass is 700 g/mol. The van der Waals surface area contributed by atoms with E-state index in [9.17, 15) is 31.9 Å². The second-order valence-corrected chi connectivity index (χ2v) is 14.5. The molecule has 1 heterocycles. The van der Waals surface area contributed by atoms with Gasteiger partial charge in [0, 0.05) is 19.2 Å². The van der Waals surface area contributed by atoms with Crippen molar-refractivity contribution in [1.82, 2.24) is 20.9 Å². The molecular weight excluding hydrogens is 658 g/mol. The minimum Gasteiger partial charge on any atom is -0.390 e. The van der Waals surface area contributed by atoms with Gasteiger partial charge in [0.05, 0.1) is 34.4 Å². The smallest absolute Gasteiger partial charge is 0.263 e. The molecule has 4 N–H and O–H groups in total. The van der Waals surface area contributed by atoms with Gasteiger partial charge in [-0.3, -0.25) is 9.59 Å². The van der Waals surface area contributed by atoms with Crippen LogP contribution in [0.15, 0.2) is 42.5 Å². The Hall–Kier alpha value is -2.97. The summed E-state index contributed by atoms with van der Waals surface area (Å²) in [4.78, 5) is 31.3. The molecule has 2 aromatic carbocycles. The number of hydrogen-bond acceptors (Lipinski definition) is 8. The standard InChI is InChI=1S/C32H42F2N4O5S2.ClH/c1-5-7-11-45(42,43)19-28(38-32(41)30-20(3)36-21(4)44-30)31(40)37-27(15-24-13-25(33)16-26(34)14-24)29(39)18-35-17-23-10-8-9-22(6-2)12-23;/h8-10,12-14,16,27-29,35,39H,5-7,11,15,17-19H2,1-4H3,(H,37,40)(H,38,41);1H/t27-,28+,29+;/m0./s1. The lowest BCUT2D eigenvalue weighted by Gasteiger charge is -2.27. The minimum absolute atomic E-state index is 0. The maximum Gasteiger partial charge on any atom is 0.263 e. The van der Waals surface area contributed by atoms with Gasteiger partial charge in [-0.25, -0.2) is 22.2 Å². The molecule has 0 fully saturated rings. The maximum absolute atomic E-state index is 14.0. The summed E-state index contributed by atoms with van der Waals surface area (Å²) in [5, 5.41) is 20.2. The number of nitrogens with one attached hydrogen (secondary N) is 3. The Morgan fingerprint density at radius 1 is 1.00 bits per heavy atom. The van der Waals surface area contributed by atoms with E-state index in [0.29, 0.717) is 30.1 Å². The summed E-state index contributed by atoms with van der Waals surface area (Å²) in [6.07, 6.45) is 0.468. The normalized spacial score (nSPS) is 13.4. The summed E-state index contributed by atoms with van der Waals surface area (Å²) in [5.74, 6) is -3.96. The zero-order valence-electron chi connectivity index (χ0n) is 26.4. The largest absolute Gasteiger partial charge is 0.390 e. The van der Waals surface area contributed by atoms with Crippen molar-refractivity contribution in [1.29, 1.82) is 0 Å². The number of hydrogen-bond donors (Lipinski definition) is 4. The third kappa shape index (κ3) is 12.3. The Morgan fingerprint density at radius 2 is 1.67 bits per heavy atom. The Balaban J connectivity index is 0.00000736. The average molecular weight is 701 g/mol. The Labute approximate surface area is 279 Å². The first kappa shape index (κ1) is 39.2. The van der Waals surface area contributed by atoms with E-state index < -0.39 is 57.2 Å². The maximum atomic E-state index is 14.0. The molecule has 14 heteroatoms. The Bertz CT molecular complexity index is 1550. The number of aliphatic hydroxyl groups is 1. The third-order valence-electron chi connectivity index (χ3n) is 7.21. The molecule has 254 valence electrons. The number of aromatic nitrogens is 1. The van der Waals surface area contributed by atoms with Crippen LogP contribution in [-0.4, -0.2) is 66.6 Å². The first-order valence-corrected chi connectivity index (χ1v) is 17.6. The van der Waals surface area contributed by atoms with Crippen molar-refractivity contribution in [2.75, 3.05) is 18.1 Å². The van der Waals surface area contributed by atoms with Crippen LogP contribution in [-0.2, 0) is 34.0 Å². The SMILES string of the molecule is CCCCS(=O)(=O)C[C@@H](NC(=O)c1sc(C)nc1C)C(=O)N[C@@H](Cc1cc(F)cc(F)c1)[C@H](O)CNCc1cccc(CC)c1.Cl. The van der Waals surface area contributed by atoms with Gasteiger partial charge in [-0.2, -0.15) is 0 Å². The number of benzene rings is 2. The predicted molar refractivity (Wildman–Crippen MR) is 179 cm³/mol. The van der Waals surface area contributed by atoms with Gasteiger partial charge in [0.15, 0.2) is 9.84 Å². The van der Waals surface area contributed by atoms with Crippen LogP contribution in [0.2, 0.25) is 0 Å². The predicted octanol–water partition coefficient (Wildman–Crippen LogP) is 4.21. The molecule has 0 unspecified atom stereocenters. The molecule has 3 atom stereocenters. The first-order chi connectivity index (χ1) is 21.3. The van der Waals surface area contributed by atoms with Crippen LogP contribution in [0.25, 0.3) is 0 Å². The number of aliphatic hydroxyl groups excluding tert-OH is 1. The fraction of sp³-hybridized carbons (Fsp3) is 0.469. The number of halogens is 3. The topological polar surface area (TPSA) is 137 Å². The van der Waals surface area contributed by atoms with Gasteiger partial charge in [-0.05, 0) is 61.9 Å². The molecule has 2 amide bonds. The minimum atomic E-state index is -3.76. The Morgan fingerprint density at radius 3 is 2.28 bits per heavy atom. The van der Waals surface area contributed by atoms with E-state index in [0.717, 1.165) is 47.1 Å².